The quantitative estimate of drug-likeness (QED) is 0.724. The first kappa shape index (κ1) is 14.9. The standard InChI is InChI=1S/C17H20BrFN2S/c18-14-8-13(19)1-2-15(14)20-17(22)21-16-11-4-9-3-10(6-11)7-12(16)5-9/h1-2,8-12,16H,3-7H2,(H2,20,21,22). The Hall–Kier alpha value is -0.680. The maximum absolute atomic E-state index is 13.1. The predicted octanol–water partition coefficient (Wildman–Crippen LogP) is 4.70. The molecule has 4 aliphatic rings. The lowest BCUT2D eigenvalue weighted by Crippen LogP contribution is -2.56. The summed E-state index contributed by atoms with van der Waals surface area (Å²) in [4.78, 5) is 0. The van der Waals surface area contributed by atoms with Gasteiger partial charge in [-0.2, -0.15) is 0 Å². The van der Waals surface area contributed by atoms with Gasteiger partial charge in [0.05, 0.1) is 5.69 Å². The van der Waals surface area contributed by atoms with Gasteiger partial charge in [-0.25, -0.2) is 4.39 Å². The van der Waals surface area contributed by atoms with Gasteiger partial charge in [-0.1, -0.05) is 0 Å². The van der Waals surface area contributed by atoms with Crippen molar-refractivity contribution in [3.8, 4) is 0 Å². The second-order valence-corrected chi connectivity index (χ2v) is 8.44. The van der Waals surface area contributed by atoms with Gasteiger partial charge < -0.3 is 10.6 Å². The Balaban J connectivity index is 1.42. The zero-order valence-corrected chi connectivity index (χ0v) is 14.7. The number of rotatable bonds is 2. The average molecular weight is 383 g/mol. The summed E-state index contributed by atoms with van der Waals surface area (Å²) in [6.45, 7) is 0. The molecule has 0 unspecified atom stereocenters. The number of thiocarbonyl (C=S) groups is 1. The summed E-state index contributed by atoms with van der Waals surface area (Å²) in [6.07, 6.45) is 6.94. The lowest BCUT2D eigenvalue weighted by atomic mass is 9.54. The number of benzene rings is 1. The number of hydrogen-bond donors (Lipinski definition) is 2. The van der Waals surface area contributed by atoms with Gasteiger partial charge in [-0.15, -0.1) is 0 Å². The summed E-state index contributed by atoms with van der Waals surface area (Å²) in [6, 6.07) is 5.13. The Morgan fingerprint density at radius 3 is 2.32 bits per heavy atom. The molecule has 4 fully saturated rings. The molecule has 4 saturated carbocycles. The molecular weight excluding hydrogens is 363 g/mol. The lowest BCUT2D eigenvalue weighted by Gasteiger charge is -2.54. The molecule has 4 bridgehead atoms. The fraction of sp³-hybridized carbons (Fsp3) is 0.588. The average Bonchev–Trinajstić information content (AvgIpc) is 2.45. The largest absolute Gasteiger partial charge is 0.359 e. The Morgan fingerprint density at radius 2 is 1.73 bits per heavy atom. The van der Waals surface area contributed by atoms with Gasteiger partial charge in [-0.3, -0.25) is 0 Å². The van der Waals surface area contributed by atoms with E-state index in [-0.39, 0.29) is 5.82 Å². The van der Waals surface area contributed by atoms with E-state index in [0.29, 0.717) is 15.6 Å². The highest BCUT2D eigenvalue weighted by molar-refractivity contribution is 9.10. The van der Waals surface area contributed by atoms with Crippen molar-refractivity contribution in [2.24, 2.45) is 23.7 Å². The Labute approximate surface area is 144 Å². The van der Waals surface area contributed by atoms with Crippen LogP contribution in [-0.4, -0.2) is 11.2 Å². The molecular formula is C17H20BrFN2S. The molecule has 0 amide bonds. The van der Waals surface area contributed by atoms with Crippen LogP contribution in [0.5, 0.6) is 0 Å². The minimum Gasteiger partial charge on any atom is -0.359 e. The van der Waals surface area contributed by atoms with Gasteiger partial charge in [0.1, 0.15) is 5.82 Å². The van der Waals surface area contributed by atoms with Crippen LogP contribution < -0.4 is 10.6 Å². The first-order valence-corrected chi connectivity index (χ1v) is 9.31. The number of anilines is 1. The molecule has 118 valence electrons. The second kappa shape index (κ2) is 5.75. The van der Waals surface area contributed by atoms with Crippen LogP contribution in [0.25, 0.3) is 0 Å². The molecule has 1 aromatic carbocycles. The van der Waals surface area contributed by atoms with Gasteiger partial charge in [0.15, 0.2) is 5.11 Å². The fourth-order valence-corrected chi connectivity index (χ4v) is 5.76. The van der Waals surface area contributed by atoms with E-state index in [0.717, 1.165) is 29.4 Å². The van der Waals surface area contributed by atoms with Gasteiger partial charge >= 0.3 is 0 Å². The van der Waals surface area contributed by atoms with E-state index < -0.39 is 0 Å². The minimum absolute atomic E-state index is 0.252. The molecule has 0 saturated heterocycles. The van der Waals surface area contributed by atoms with Gasteiger partial charge in [0.25, 0.3) is 0 Å². The van der Waals surface area contributed by atoms with Crippen LogP contribution in [0.15, 0.2) is 22.7 Å². The van der Waals surface area contributed by atoms with Crippen molar-refractivity contribution in [3.05, 3.63) is 28.5 Å². The lowest BCUT2D eigenvalue weighted by molar-refractivity contribution is -0.00665. The number of nitrogens with one attached hydrogen (secondary N) is 2. The number of hydrogen-bond acceptors (Lipinski definition) is 1. The third-order valence-corrected chi connectivity index (χ3v) is 6.58. The molecule has 22 heavy (non-hydrogen) atoms. The van der Waals surface area contributed by atoms with Crippen LogP contribution in [0.3, 0.4) is 0 Å². The maximum Gasteiger partial charge on any atom is 0.171 e. The molecule has 5 rings (SSSR count). The van der Waals surface area contributed by atoms with Crippen LogP contribution in [0.4, 0.5) is 10.1 Å². The summed E-state index contributed by atoms with van der Waals surface area (Å²) in [5.41, 5.74) is 0.808. The summed E-state index contributed by atoms with van der Waals surface area (Å²) in [7, 11) is 0. The zero-order chi connectivity index (χ0) is 15.3. The van der Waals surface area contributed by atoms with Crippen molar-refractivity contribution in [2.45, 2.75) is 38.1 Å². The van der Waals surface area contributed by atoms with E-state index in [1.54, 1.807) is 6.07 Å². The first-order chi connectivity index (χ1) is 10.6. The SMILES string of the molecule is Fc1ccc(NC(=S)NC2C3CC4CC(C3)CC2C4)c(Br)c1. The molecule has 0 aromatic heterocycles. The van der Waals surface area contributed by atoms with E-state index in [1.807, 2.05) is 0 Å². The summed E-state index contributed by atoms with van der Waals surface area (Å²) < 4.78 is 13.8. The molecule has 2 N–H and O–H groups in total. The third kappa shape index (κ3) is 2.78. The second-order valence-electron chi connectivity index (χ2n) is 7.18. The van der Waals surface area contributed by atoms with Gasteiger partial charge in [0, 0.05) is 10.5 Å². The first-order valence-electron chi connectivity index (χ1n) is 8.11. The highest BCUT2D eigenvalue weighted by Crippen LogP contribution is 2.53. The Morgan fingerprint density at radius 1 is 1.09 bits per heavy atom. The molecule has 0 heterocycles. The van der Waals surface area contributed by atoms with Gasteiger partial charge in [0.2, 0.25) is 0 Å². The fourth-order valence-electron chi connectivity index (χ4n) is 5.06. The smallest absolute Gasteiger partial charge is 0.171 e. The normalized spacial score (nSPS) is 35.5. The summed E-state index contributed by atoms with van der Waals surface area (Å²) in [5.74, 6) is 3.25. The third-order valence-electron chi connectivity index (χ3n) is 5.70. The molecule has 4 aliphatic carbocycles. The van der Waals surface area contributed by atoms with Gasteiger partial charge in [-0.05, 0) is 102 Å². The highest BCUT2D eigenvalue weighted by Gasteiger charge is 2.48. The zero-order valence-electron chi connectivity index (χ0n) is 12.3. The van der Waals surface area contributed by atoms with E-state index in [9.17, 15) is 4.39 Å². The van der Waals surface area contributed by atoms with E-state index in [2.05, 4.69) is 26.6 Å². The molecule has 0 radical (unpaired) electrons. The van der Waals surface area contributed by atoms with E-state index >= 15 is 0 Å². The molecule has 0 atom stereocenters. The van der Waals surface area contributed by atoms with E-state index in [1.165, 1.54) is 44.2 Å². The molecule has 2 nitrogen and oxygen atoms in total. The monoisotopic (exact) mass is 382 g/mol. The Bertz CT molecular complexity index is 578. The molecule has 1 aromatic rings. The number of halogens is 2. The van der Waals surface area contributed by atoms with Crippen molar-refractivity contribution in [1.29, 1.82) is 0 Å². The predicted molar refractivity (Wildman–Crippen MR) is 94.3 cm³/mol. The van der Waals surface area contributed by atoms with Crippen molar-refractivity contribution in [1.82, 2.24) is 5.32 Å². The minimum atomic E-state index is -0.252. The summed E-state index contributed by atoms with van der Waals surface area (Å²) >= 11 is 8.86. The Kier molecular flexibility index (Phi) is 3.89. The van der Waals surface area contributed by atoms with Crippen molar-refractivity contribution < 1.29 is 4.39 Å². The molecule has 5 heteroatoms. The molecule has 0 aliphatic heterocycles. The van der Waals surface area contributed by atoms with Crippen molar-refractivity contribution in [2.75, 3.05) is 5.32 Å². The maximum atomic E-state index is 13.1. The van der Waals surface area contributed by atoms with Crippen LogP contribution in [0.2, 0.25) is 0 Å². The van der Waals surface area contributed by atoms with Crippen LogP contribution in [0, 0.1) is 29.5 Å². The summed E-state index contributed by atoms with van der Waals surface area (Å²) in [5, 5.41) is 7.42. The van der Waals surface area contributed by atoms with Crippen LogP contribution in [0.1, 0.15) is 32.1 Å². The highest BCUT2D eigenvalue weighted by atomic mass is 79.9. The van der Waals surface area contributed by atoms with Crippen molar-refractivity contribution >= 4 is 38.9 Å². The van der Waals surface area contributed by atoms with Crippen LogP contribution in [-0.2, 0) is 0 Å². The van der Waals surface area contributed by atoms with Crippen molar-refractivity contribution in [3.63, 3.8) is 0 Å². The van der Waals surface area contributed by atoms with Crippen LogP contribution >= 0.6 is 28.1 Å². The van der Waals surface area contributed by atoms with E-state index in [4.69, 9.17) is 12.2 Å². The topological polar surface area (TPSA) is 24.1 Å². The molecule has 0 spiro atoms.